The standard InChI is InChI=1S/C17H24N4O2/c1-4-8-15(22)19-12(3)17-20-13-9-6-7-10-14(13)21(17)11-16(23)18-5-2/h6-7,9-10,12H,4-5,8,11H2,1-3H3,(H,18,23)(H,19,22). The molecule has 0 spiro atoms. The Balaban J connectivity index is 2.33. The van der Waals surface area contributed by atoms with Crippen molar-refractivity contribution in [2.45, 2.75) is 46.2 Å². The molecular formula is C17H24N4O2. The number of imidazole rings is 1. The van der Waals surface area contributed by atoms with E-state index in [2.05, 4.69) is 15.6 Å². The van der Waals surface area contributed by atoms with Gasteiger partial charge in [-0.25, -0.2) is 4.98 Å². The van der Waals surface area contributed by atoms with Crippen LogP contribution >= 0.6 is 0 Å². The minimum absolute atomic E-state index is 0.00313. The molecule has 23 heavy (non-hydrogen) atoms. The quantitative estimate of drug-likeness (QED) is 0.822. The second kappa shape index (κ2) is 7.76. The van der Waals surface area contributed by atoms with Gasteiger partial charge in [0, 0.05) is 13.0 Å². The number of hydrogen-bond donors (Lipinski definition) is 2. The molecular weight excluding hydrogens is 292 g/mol. The van der Waals surface area contributed by atoms with Gasteiger partial charge in [-0.1, -0.05) is 19.1 Å². The summed E-state index contributed by atoms with van der Waals surface area (Å²) in [6, 6.07) is 7.42. The van der Waals surface area contributed by atoms with E-state index >= 15 is 0 Å². The number of benzene rings is 1. The third-order valence-corrected chi connectivity index (χ3v) is 3.60. The monoisotopic (exact) mass is 316 g/mol. The van der Waals surface area contributed by atoms with E-state index in [9.17, 15) is 9.59 Å². The first-order valence-corrected chi connectivity index (χ1v) is 8.08. The Morgan fingerprint density at radius 2 is 1.96 bits per heavy atom. The van der Waals surface area contributed by atoms with Crippen molar-refractivity contribution in [2.75, 3.05) is 6.54 Å². The fraction of sp³-hybridized carbons (Fsp3) is 0.471. The number of amides is 2. The third-order valence-electron chi connectivity index (χ3n) is 3.60. The number of carbonyl (C=O) groups excluding carboxylic acids is 2. The number of nitrogens with zero attached hydrogens (tertiary/aromatic N) is 2. The van der Waals surface area contributed by atoms with Gasteiger partial charge in [0.2, 0.25) is 11.8 Å². The number of aromatic nitrogens is 2. The highest BCUT2D eigenvalue weighted by Gasteiger charge is 2.19. The molecule has 1 aromatic heterocycles. The fourth-order valence-corrected chi connectivity index (χ4v) is 2.59. The highest BCUT2D eigenvalue weighted by molar-refractivity contribution is 5.81. The topological polar surface area (TPSA) is 76.0 Å². The number of nitrogens with one attached hydrogen (secondary N) is 2. The van der Waals surface area contributed by atoms with Crippen LogP contribution in [0.25, 0.3) is 11.0 Å². The van der Waals surface area contributed by atoms with E-state index in [1.807, 2.05) is 49.6 Å². The van der Waals surface area contributed by atoms with Gasteiger partial charge in [0.25, 0.3) is 0 Å². The van der Waals surface area contributed by atoms with E-state index in [1.54, 1.807) is 0 Å². The molecule has 0 fully saturated rings. The Hall–Kier alpha value is -2.37. The zero-order valence-corrected chi connectivity index (χ0v) is 13.9. The summed E-state index contributed by atoms with van der Waals surface area (Å²) in [6.07, 6.45) is 1.29. The van der Waals surface area contributed by atoms with Gasteiger partial charge in [-0.05, 0) is 32.4 Å². The molecule has 1 atom stereocenters. The molecule has 1 unspecified atom stereocenters. The second-order valence-corrected chi connectivity index (χ2v) is 5.54. The fourth-order valence-electron chi connectivity index (χ4n) is 2.59. The van der Waals surface area contributed by atoms with Crippen LogP contribution in [0.15, 0.2) is 24.3 Å². The van der Waals surface area contributed by atoms with Gasteiger partial charge in [-0.2, -0.15) is 0 Å². The van der Waals surface area contributed by atoms with Gasteiger partial charge in [-0.3, -0.25) is 9.59 Å². The predicted molar refractivity (Wildman–Crippen MR) is 89.9 cm³/mol. The maximum absolute atomic E-state index is 12.0. The molecule has 0 saturated heterocycles. The van der Waals surface area contributed by atoms with Gasteiger partial charge in [0.05, 0.1) is 17.1 Å². The Kier molecular flexibility index (Phi) is 5.73. The summed E-state index contributed by atoms with van der Waals surface area (Å²) in [6.45, 7) is 6.53. The van der Waals surface area contributed by atoms with Gasteiger partial charge in [-0.15, -0.1) is 0 Å². The highest BCUT2D eigenvalue weighted by atomic mass is 16.2. The van der Waals surface area contributed by atoms with E-state index in [4.69, 9.17) is 0 Å². The van der Waals surface area contributed by atoms with Crippen molar-refractivity contribution in [1.82, 2.24) is 20.2 Å². The third kappa shape index (κ3) is 4.09. The molecule has 124 valence electrons. The molecule has 6 heteroatoms. The minimum atomic E-state index is -0.254. The molecule has 2 N–H and O–H groups in total. The summed E-state index contributed by atoms with van der Waals surface area (Å²) in [7, 11) is 0. The first kappa shape index (κ1) is 17.0. The number of hydrogen-bond acceptors (Lipinski definition) is 3. The van der Waals surface area contributed by atoms with Crippen LogP contribution in [0.4, 0.5) is 0 Å². The lowest BCUT2D eigenvalue weighted by Gasteiger charge is -2.16. The summed E-state index contributed by atoms with van der Waals surface area (Å²) in [5, 5.41) is 5.75. The van der Waals surface area contributed by atoms with E-state index < -0.39 is 0 Å². The van der Waals surface area contributed by atoms with E-state index in [0.29, 0.717) is 18.8 Å². The Bertz CT molecular complexity index is 693. The zero-order valence-electron chi connectivity index (χ0n) is 13.9. The van der Waals surface area contributed by atoms with Crippen LogP contribution in [0.1, 0.15) is 45.5 Å². The summed E-state index contributed by atoms with van der Waals surface area (Å²) < 4.78 is 1.87. The van der Waals surface area contributed by atoms with Gasteiger partial charge < -0.3 is 15.2 Å². The van der Waals surface area contributed by atoms with Gasteiger partial charge in [0.15, 0.2) is 0 Å². The highest BCUT2D eigenvalue weighted by Crippen LogP contribution is 2.20. The van der Waals surface area contributed by atoms with Crippen molar-refractivity contribution >= 4 is 22.8 Å². The Morgan fingerprint density at radius 3 is 2.65 bits per heavy atom. The van der Waals surface area contributed by atoms with Crippen LogP contribution in [0.3, 0.4) is 0 Å². The summed E-state index contributed by atoms with van der Waals surface area (Å²) in [5.74, 6) is 0.627. The molecule has 0 aliphatic carbocycles. The van der Waals surface area contributed by atoms with Crippen LogP contribution in [0.2, 0.25) is 0 Å². The summed E-state index contributed by atoms with van der Waals surface area (Å²) in [4.78, 5) is 28.5. The number of fused-ring (bicyclic) bond motifs is 1. The smallest absolute Gasteiger partial charge is 0.239 e. The van der Waals surface area contributed by atoms with Crippen molar-refractivity contribution in [3.8, 4) is 0 Å². The summed E-state index contributed by atoms with van der Waals surface area (Å²) >= 11 is 0. The maximum atomic E-state index is 12.0. The molecule has 0 aliphatic rings. The predicted octanol–water partition coefficient (Wildman–Crippen LogP) is 2.15. The normalized spacial score (nSPS) is 12.1. The van der Waals surface area contributed by atoms with E-state index in [-0.39, 0.29) is 24.4 Å². The van der Waals surface area contributed by atoms with Crippen LogP contribution in [0.5, 0.6) is 0 Å². The molecule has 2 rings (SSSR count). The molecule has 1 heterocycles. The average Bonchev–Trinajstić information content (AvgIpc) is 2.87. The first-order chi connectivity index (χ1) is 11.1. The van der Waals surface area contributed by atoms with Crippen molar-refractivity contribution in [3.05, 3.63) is 30.1 Å². The molecule has 0 saturated carbocycles. The Labute approximate surface area is 136 Å². The van der Waals surface area contributed by atoms with Gasteiger partial charge >= 0.3 is 0 Å². The van der Waals surface area contributed by atoms with Crippen LogP contribution in [-0.4, -0.2) is 27.9 Å². The molecule has 0 radical (unpaired) electrons. The van der Waals surface area contributed by atoms with Crippen molar-refractivity contribution < 1.29 is 9.59 Å². The number of para-hydroxylation sites is 2. The number of rotatable bonds is 7. The Morgan fingerprint density at radius 1 is 1.22 bits per heavy atom. The number of carbonyl (C=O) groups is 2. The van der Waals surface area contributed by atoms with Crippen LogP contribution in [-0.2, 0) is 16.1 Å². The molecule has 0 bridgehead atoms. The lowest BCUT2D eigenvalue weighted by Crippen LogP contribution is -2.31. The maximum Gasteiger partial charge on any atom is 0.239 e. The van der Waals surface area contributed by atoms with Crippen molar-refractivity contribution in [1.29, 1.82) is 0 Å². The van der Waals surface area contributed by atoms with Crippen molar-refractivity contribution in [2.24, 2.45) is 0 Å². The minimum Gasteiger partial charge on any atom is -0.355 e. The average molecular weight is 316 g/mol. The van der Waals surface area contributed by atoms with Gasteiger partial charge in [0.1, 0.15) is 12.4 Å². The lowest BCUT2D eigenvalue weighted by atomic mass is 10.2. The second-order valence-electron chi connectivity index (χ2n) is 5.54. The molecule has 2 amide bonds. The lowest BCUT2D eigenvalue weighted by molar-refractivity contribution is -0.122. The van der Waals surface area contributed by atoms with Crippen LogP contribution in [0, 0.1) is 0 Å². The molecule has 2 aromatic rings. The largest absolute Gasteiger partial charge is 0.355 e. The van der Waals surface area contributed by atoms with Crippen LogP contribution < -0.4 is 10.6 Å². The molecule has 6 nitrogen and oxygen atoms in total. The van der Waals surface area contributed by atoms with Crippen molar-refractivity contribution in [3.63, 3.8) is 0 Å². The number of likely N-dealkylation sites (N-methyl/N-ethyl adjacent to an activating group) is 1. The molecule has 1 aromatic carbocycles. The SMILES string of the molecule is CCCC(=O)NC(C)c1nc2ccccc2n1CC(=O)NCC. The molecule has 0 aliphatic heterocycles. The van der Waals surface area contributed by atoms with E-state index in [1.165, 1.54) is 0 Å². The summed E-state index contributed by atoms with van der Waals surface area (Å²) in [5.41, 5.74) is 1.72. The zero-order chi connectivity index (χ0) is 16.8. The van der Waals surface area contributed by atoms with E-state index in [0.717, 1.165) is 17.5 Å². The first-order valence-electron chi connectivity index (χ1n) is 8.08.